The first kappa shape index (κ1) is 22.3. The fraction of sp³-hybridized carbons (Fsp3) is 0.478. The molecule has 0 bridgehead atoms. The molecule has 1 unspecified atom stereocenters. The van der Waals surface area contributed by atoms with Crippen molar-refractivity contribution in [2.45, 2.75) is 39.8 Å². The molecule has 1 aliphatic heterocycles. The van der Waals surface area contributed by atoms with E-state index in [-0.39, 0.29) is 30.1 Å². The fourth-order valence-corrected chi connectivity index (χ4v) is 4.06. The van der Waals surface area contributed by atoms with Crippen LogP contribution < -0.4 is 0 Å². The van der Waals surface area contributed by atoms with Crippen molar-refractivity contribution >= 4 is 23.4 Å². The van der Waals surface area contributed by atoms with Crippen molar-refractivity contribution in [2.24, 2.45) is 5.41 Å². The average Bonchev–Trinajstić information content (AvgIpc) is 3.20. The molecule has 0 aliphatic carbocycles. The highest BCUT2D eigenvalue weighted by molar-refractivity contribution is 6.19. The van der Waals surface area contributed by atoms with Gasteiger partial charge < -0.3 is 14.4 Å². The van der Waals surface area contributed by atoms with Crippen LogP contribution in [0.25, 0.3) is 0 Å². The molecule has 0 saturated carbocycles. The number of nitrogens with zero attached hydrogens (tertiary/aromatic N) is 3. The van der Waals surface area contributed by atoms with Gasteiger partial charge in [-0.1, -0.05) is 19.1 Å². The third-order valence-corrected chi connectivity index (χ3v) is 6.21. The molecule has 30 heavy (non-hydrogen) atoms. The van der Waals surface area contributed by atoms with Crippen LogP contribution in [0.4, 0.5) is 4.39 Å². The Morgan fingerprint density at radius 1 is 1.23 bits per heavy atom. The standard InChI is InChI=1S/C23H29ClFN3O2/c1-4-10-27(22(30)23(2,3)16-24)15-20(29)28-13-12-26-11-6-9-19(26)21(28)17-7-5-8-18(25)14-17/h5-9,11,14,21H,4,10,12-13,15-16H2,1-3H3. The van der Waals surface area contributed by atoms with Gasteiger partial charge in [-0.2, -0.15) is 0 Å². The first-order valence-electron chi connectivity index (χ1n) is 10.3. The minimum atomic E-state index is -0.741. The number of alkyl halides is 1. The summed E-state index contributed by atoms with van der Waals surface area (Å²) in [5, 5.41) is 0. The Bertz CT molecular complexity index is 911. The number of carbonyl (C=O) groups excluding carboxylic acids is 2. The van der Waals surface area contributed by atoms with Crippen molar-refractivity contribution in [2.75, 3.05) is 25.5 Å². The second kappa shape index (κ2) is 9.21. The number of aromatic nitrogens is 1. The first-order chi connectivity index (χ1) is 14.3. The van der Waals surface area contributed by atoms with Crippen LogP contribution in [0, 0.1) is 11.2 Å². The Morgan fingerprint density at radius 2 is 2.00 bits per heavy atom. The van der Waals surface area contributed by atoms with Crippen LogP contribution in [0.15, 0.2) is 42.6 Å². The maximum absolute atomic E-state index is 14.0. The number of amides is 2. The highest BCUT2D eigenvalue weighted by Crippen LogP contribution is 2.33. The van der Waals surface area contributed by atoms with Gasteiger partial charge in [0.1, 0.15) is 5.82 Å². The summed E-state index contributed by atoms with van der Waals surface area (Å²) in [6.07, 6.45) is 2.72. The van der Waals surface area contributed by atoms with E-state index in [1.807, 2.05) is 31.3 Å². The highest BCUT2D eigenvalue weighted by Gasteiger charge is 2.36. The maximum Gasteiger partial charge on any atom is 0.243 e. The van der Waals surface area contributed by atoms with Gasteiger partial charge in [0.15, 0.2) is 0 Å². The number of carbonyl (C=O) groups is 2. The van der Waals surface area contributed by atoms with E-state index in [1.165, 1.54) is 12.1 Å². The van der Waals surface area contributed by atoms with Gasteiger partial charge in [-0.25, -0.2) is 4.39 Å². The van der Waals surface area contributed by atoms with E-state index in [1.54, 1.807) is 29.7 Å². The SMILES string of the molecule is CCCN(CC(=O)N1CCn2cccc2C1c1cccc(F)c1)C(=O)C(C)(C)CCl. The summed E-state index contributed by atoms with van der Waals surface area (Å²) in [7, 11) is 0. The van der Waals surface area contributed by atoms with Crippen molar-refractivity contribution in [3.8, 4) is 0 Å². The van der Waals surface area contributed by atoms with E-state index in [4.69, 9.17) is 11.6 Å². The van der Waals surface area contributed by atoms with Crippen LogP contribution in [0.5, 0.6) is 0 Å². The lowest BCUT2D eigenvalue weighted by Crippen LogP contribution is -2.50. The number of rotatable bonds is 7. The van der Waals surface area contributed by atoms with Crippen LogP contribution in [0.3, 0.4) is 0 Å². The monoisotopic (exact) mass is 433 g/mol. The molecular weight excluding hydrogens is 405 g/mol. The molecule has 0 spiro atoms. The van der Waals surface area contributed by atoms with Crippen molar-refractivity contribution in [1.82, 2.24) is 14.4 Å². The molecule has 1 aliphatic rings. The van der Waals surface area contributed by atoms with Crippen LogP contribution in [-0.4, -0.2) is 51.7 Å². The van der Waals surface area contributed by atoms with Crippen molar-refractivity contribution < 1.29 is 14.0 Å². The molecular formula is C23H29ClFN3O2. The summed E-state index contributed by atoms with van der Waals surface area (Å²) < 4.78 is 16.1. The lowest BCUT2D eigenvalue weighted by Gasteiger charge is -2.39. The van der Waals surface area contributed by atoms with Gasteiger partial charge >= 0.3 is 0 Å². The number of fused-ring (bicyclic) bond motifs is 1. The lowest BCUT2D eigenvalue weighted by molar-refractivity contribution is -0.146. The van der Waals surface area contributed by atoms with Crippen LogP contribution in [0.1, 0.15) is 44.5 Å². The minimum Gasteiger partial charge on any atom is -0.348 e. The predicted octanol–water partition coefficient (Wildman–Crippen LogP) is 4.06. The lowest BCUT2D eigenvalue weighted by atomic mass is 9.94. The molecule has 162 valence electrons. The quantitative estimate of drug-likeness (QED) is 0.618. The van der Waals surface area contributed by atoms with Gasteiger partial charge in [-0.15, -0.1) is 11.6 Å². The Labute approximate surface area is 182 Å². The third kappa shape index (κ3) is 4.53. The second-order valence-electron chi connectivity index (χ2n) is 8.42. The molecule has 0 saturated heterocycles. The highest BCUT2D eigenvalue weighted by atomic mass is 35.5. The van der Waals surface area contributed by atoms with Crippen molar-refractivity contribution in [3.05, 3.63) is 59.7 Å². The largest absolute Gasteiger partial charge is 0.348 e. The van der Waals surface area contributed by atoms with Crippen molar-refractivity contribution in [3.63, 3.8) is 0 Å². The third-order valence-electron chi connectivity index (χ3n) is 5.54. The van der Waals surface area contributed by atoms with E-state index in [0.717, 1.165) is 17.7 Å². The van der Waals surface area contributed by atoms with E-state index in [0.29, 0.717) is 19.6 Å². The molecule has 1 aromatic heterocycles. The second-order valence-corrected chi connectivity index (χ2v) is 8.68. The number of hydrogen-bond donors (Lipinski definition) is 0. The number of benzene rings is 1. The Kier molecular flexibility index (Phi) is 6.86. The van der Waals surface area contributed by atoms with Crippen molar-refractivity contribution in [1.29, 1.82) is 0 Å². The summed E-state index contributed by atoms with van der Waals surface area (Å²) in [4.78, 5) is 29.7. The van der Waals surface area contributed by atoms with E-state index >= 15 is 0 Å². The molecule has 0 radical (unpaired) electrons. The van der Waals surface area contributed by atoms with Gasteiger partial charge in [-0.3, -0.25) is 9.59 Å². The van der Waals surface area contributed by atoms with Gasteiger partial charge in [0.2, 0.25) is 11.8 Å². The maximum atomic E-state index is 14.0. The van der Waals surface area contributed by atoms with E-state index in [2.05, 4.69) is 4.57 Å². The Hall–Kier alpha value is -2.34. The summed E-state index contributed by atoms with van der Waals surface area (Å²) in [5.41, 5.74) is 0.919. The van der Waals surface area contributed by atoms with E-state index < -0.39 is 11.5 Å². The molecule has 7 heteroatoms. The zero-order chi connectivity index (χ0) is 21.9. The molecule has 2 amide bonds. The van der Waals surface area contributed by atoms with Gasteiger partial charge in [0.25, 0.3) is 0 Å². The van der Waals surface area contributed by atoms with Gasteiger partial charge in [0.05, 0.1) is 18.0 Å². The average molecular weight is 434 g/mol. The smallest absolute Gasteiger partial charge is 0.243 e. The van der Waals surface area contributed by atoms with Gasteiger partial charge in [-0.05, 0) is 50.1 Å². The first-order valence-corrected chi connectivity index (χ1v) is 10.9. The minimum absolute atomic E-state index is 0.0144. The molecule has 0 N–H and O–H groups in total. The topological polar surface area (TPSA) is 45.6 Å². The molecule has 1 atom stereocenters. The fourth-order valence-electron chi connectivity index (χ4n) is 3.94. The molecule has 5 nitrogen and oxygen atoms in total. The zero-order valence-corrected chi connectivity index (χ0v) is 18.5. The Morgan fingerprint density at radius 3 is 2.67 bits per heavy atom. The predicted molar refractivity (Wildman–Crippen MR) is 116 cm³/mol. The molecule has 0 fully saturated rings. The van der Waals surface area contributed by atoms with Crippen LogP contribution in [0.2, 0.25) is 0 Å². The number of halogens is 2. The van der Waals surface area contributed by atoms with Crippen LogP contribution >= 0.6 is 11.6 Å². The zero-order valence-electron chi connectivity index (χ0n) is 17.8. The normalized spacial score (nSPS) is 16.3. The molecule has 3 rings (SSSR count). The molecule has 2 heterocycles. The van der Waals surface area contributed by atoms with E-state index in [9.17, 15) is 14.0 Å². The molecule has 1 aromatic carbocycles. The summed E-state index contributed by atoms with van der Waals surface area (Å²) in [6.45, 7) is 7.18. The summed E-state index contributed by atoms with van der Waals surface area (Å²) >= 11 is 6.00. The summed E-state index contributed by atoms with van der Waals surface area (Å²) in [5.74, 6) is -0.432. The molecule has 2 aromatic rings. The number of hydrogen-bond acceptors (Lipinski definition) is 2. The summed E-state index contributed by atoms with van der Waals surface area (Å²) in [6, 6.07) is 9.86. The Balaban J connectivity index is 1.90. The van der Waals surface area contributed by atoms with Gasteiger partial charge in [0, 0.05) is 37.4 Å². The van der Waals surface area contributed by atoms with Crippen LogP contribution in [-0.2, 0) is 16.1 Å².